The first kappa shape index (κ1) is 10.9. The Hall–Kier alpha value is -1.10. The fourth-order valence-corrected chi connectivity index (χ4v) is 0.611. The topological polar surface area (TPSA) is 95.4 Å². The molecule has 0 heterocycles. The van der Waals surface area contributed by atoms with Gasteiger partial charge in [-0.1, -0.05) is 13.8 Å². The van der Waals surface area contributed by atoms with Gasteiger partial charge in [-0.15, -0.1) is 0 Å². The lowest BCUT2D eigenvalue weighted by Crippen LogP contribution is -2.29. The van der Waals surface area contributed by atoms with Crippen molar-refractivity contribution < 1.29 is 14.3 Å². The molecule has 0 bridgehead atoms. The van der Waals surface area contributed by atoms with Crippen LogP contribution in [-0.4, -0.2) is 18.6 Å². The van der Waals surface area contributed by atoms with Crippen LogP contribution in [0, 0.1) is 5.41 Å². The summed E-state index contributed by atoms with van der Waals surface area (Å²) in [5.41, 5.74) is 9.65. The average molecular weight is 174 g/mol. The average Bonchev–Trinajstić information content (AvgIpc) is 1.84. The number of nitrogens with two attached hydrogens (primary N) is 2. The van der Waals surface area contributed by atoms with E-state index in [-0.39, 0.29) is 11.8 Å². The Morgan fingerprint density at radius 2 is 1.92 bits per heavy atom. The van der Waals surface area contributed by atoms with Gasteiger partial charge in [-0.2, -0.15) is 0 Å². The molecule has 0 aromatic carbocycles. The quantitative estimate of drug-likeness (QED) is 0.464. The van der Waals surface area contributed by atoms with E-state index in [1.165, 1.54) is 0 Å². The van der Waals surface area contributed by atoms with Gasteiger partial charge in [-0.25, -0.2) is 4.79 Å². The van der Waals surface area contributed by atoms with Gasteiger partial charge in [0.25, 0.3) is 0 Å². The van der Waals surface area contributed by atoms with Crippen LogP contribution in [0.1, 0.15) is 20.3 Å². The Bertz CT molecular complexity index is 189. The van der Waals surface area contributed by atoms with Crippen molar-refractivity contribution in [3.8, 4) is 0 Å². The van der Waals surface area contributed by atoms with Gasteiger partial charge in [-0.3, -0.25) is 4.79 Å². The Morgan fingerprint density at radius 3 is 2.25 bits per heavy atom. The summed E-state index contributed by atoms with van der Waals surface area (Å²) in [6.45, 7) is 3.95. The molecule has 5 nitrogen and oxygen atoms in total. The minimum absolute atomic E-state index is 0.0897. The molecule has 12 heavy (non-hydrogen) atoms. The summed E-state index contributed by atoms with van der Waals surface area (Å²) < 4.78 is 4.13. The summed E-state index contributed by atoms with van der Waals surface area (Å²) in [5.74, 6) is -0.641. The van der Waals surface area contributed by atoms with Crippen molar-refractivity contribution in [2.75, 3.05) is 6.54 Å². The molecule has 0 aromatic rings. The normalized spacial score (nSPS) is 10.9. The number of amides is 1. The predicted octanol–water partition coefficient (Wildman–Crippen LogP) is -0.0167. The van der Waals surface area contributed by atoms with Crippen molar-refractivity contribution in [1.82, 2.24) is 0 Å². The lowest BCUT2D eigenvalue weighted by Gasteiger charge is -2.19. The number of esters is 1. The van der Waals surface area contributed by atoms with Crippen molar-refractivity contribution in [3.63, 3.8) is 0 Å². The maximum absolute atomic E-state index is 10.8. The fourth-order valence-electron chi connectivity index (χ4n) is 0.611. The van der Waals surface area contributed by atoms with E-state index < -0.39 is 12.1 Å². The van der Waals surface area contributed by atoms with E-state index in [1.54, 1.807) is 13.8 Å². The van der Waals surface area contributed by atoms with E-state index in [0.29, 0.717) is 6.54 Å². The molecule has 1 amide bonds. The van der Waals surface area contributed by atoms with Crippen LogP contribution in [0.3, 0.4) is 0 Å². The molecular formula is C7H14N2O3. The molecule has 0 atom stereocenters. The van der Waals surface area contributed by atoms with Crippen molar-refractivity contribution in [2.45, 2.75) is 20.3 Å². The van der Waals surface area contributed by atoms with E-state index in [0.717, 1.165) is 0 Å². The molecule has 0 saturated carbocycles. The minimum atomic E-state index is -1.08. The smallest absolute Gasteiger partial charge is 0.376 e. The molecule has 0 unspecified atom stereocenters. The summed E-state index contributed by atoms with van der Waals surface area (Å²) in [7, 11) is 0. The van der Waals surface area contributed by atoms with Gasteiger partial charge in [0.05, 0.1) is 6.42 Å². The molecule has 0 spiro atoms. The highest BCUT2D eigenvalue weighted by Gasteiger charge is 2.22. The number of hydrogen-bond donors (Lipinski definition) is 2. The van der Waals surface area contributed by atoms with Crippen LogP contribution in [0.5, 0.6) is 0 Å². The number of carbonyl (C=O) groups is 2. The molecular weight excluding hydrogens is 160 g/mol. The van der Waals surface area contributed by atoms with Gasteiger partial charge < -0.3 is 16.2 Å². The van der Waals surface area contributed by atoms with Crippen molar-refractivity contribution in [1.29, 1.82) is 0 Å². The van der Waals surface area contributed by atoms with Crippen molar-refractivity contribution >= 4 is 12.1 Å². The van der Waals surface area contributed by atoms with E-state index >= 15 is 0 Å². The molecule has 5 heteroatoms. The highest BCUT2D eigenvalue weighted by atomic mass is 16.6. The summed E-state index contributed by atoms with van der Waals surface area (Å²) >= 11 is 0. The third kappa shape index (κ3) is 4.68. The molecule has 0 rings (SSSR count). The monoisotopic (exact) mass is 174 g/mol. The van der Waals surface area contributed by atoms with Crippen LogP contribution < -0.4 is 11.5 Å². The summed E-state index contributed by atoms with van der Waals surface area (Å²) in [5, 5.41) is 0. The molecule has 0 aliphatic carbocycles. The van der Waals surface area contributed by atoms with Crippen LogP contribution in [0.25, 0.3) is 0 Å². The SMILES string of the molecule is CC(C)(CN)CC(=O)OC(N)=O. The second kappa shape index (κ2) is 4.06. The van der Waals surface area contributed by atoms with Crippen LogP contribution in [0.15, 0.2) is 0 Å². The highest BCUT2D eigenvalue weighted by Crippen LogP contribution is 2.18. The third-order valence-electron chi connectivity index (χ3n) is 1.39. The molecule has 4 N–H and O–H groups in total. The van der Waals surface area contributed by atoms with Crippen molar-refractivity contribution in [2.24, 2.45) is 16.9 Å². The summed E-state index contributed by atoms with van der Waals surface area (Å²) in [4.78, 5) is 21.0. The van der Waals surface area contributed by atoms with Crippen LogP contribution in [-0.2, 0) is 9.53 Å². The number of carbonyl (C=O) groups excluding carboxylic acids is 2. The van der Waals surface area contributed by atoms with Gasteiger partial charge in [-0.05, 0) is 12.0 Å². The van der Waals surface area contributed by atoms with E-state index in [9.17, 15) is 9.59 Å². The molecule has 0 radical (unpaired) electrons. The maximum atomic E-state index is 10.8. The Morgan fingerprint density at radius 1 is 1.42 bits per heavy atom. The first-order valence-electron chi connectivity index (χ1n) is 3.57. The number of ether oxygens (including phenoxy) is 1. The van der Waals surface area contributed by atoms with Gasteiger partial charge in [0.15, 0.2) is 0 Å². The Kier molecular flexibility index (Phi) is 3.69. The zero-order valence-corrected chi connectivity index (χ0v) is 7.29. The predicted molar refractivity (Wildman–Crippen MR) is 43.1 cm³/mol. The van der Waals surface area contributed by atoms with Crippen LogP contribution >= 0.6 is 0 Å². The first-order valence-corrected chi connectivity index (χ1v) is 3.57. The van der Waals surface area contributed by atoms with E-state index in [2.05, 4.69) is 10.5 Å². The fraction of sp³-hybridized carbons (Fsp3) is 0.714. The van der Waals surface area contributed by atoms with Gasteiger partial charge in [0, 0.05) is 0 Å². The van der Waals surface area contributed by atoms with E-state index in [1.807, 2.05) is 0 Å². The Balaban J connectivity index is 3.92. The second-order valence-corrected chi connectivity index (χ2v) is 3.34. The molecule has 70 valence electrons. The van der Waals surface area contributed by atoms with Crippen LogP contribution in [0.4, 0.5) is 4.79 Å². The Labute approximate surface area is 71.0 Å². The van der Waals surface area contributed by atoms with Crippen LogP contribution in [0.2, 0.25) is 0 Å². The number of rotatable bonds is 3. The molecule has 0 fully saturated rings. The number of hydrogen-bond acceptors (Lipinski definition) is 4. The lowest BCUT2D eigenvalue weighted by molar-refractivity contribution is -0.139. The molecule has 0 aromatic heterocycles. The standard InChI is InChI=1S/C7H14N2O3/c1-7(2,4-8)3-5(10)12-6(9)11/h3-4,8H2,1-2H3,(H2,9,11). The summed E-state index contributed by atoms with van der Waals surface area (Å²) in [6.07, 6.45) is -0.986. The maximum Gasteiger partial charge on any atom is 0.412 e. The second-order valence-electron chi connectivity index (χ2n) is 3.34. The van der Waals surface area contributed by atoms with E-state index in [4.69, 9.17) is 5.73 Å². The number of primary amides is 1. The lowest BCUT2D eigenvalue weighted by atomic mass is 9.90. The third-order valence-corrected chi connectivity index (χ3v) is 1.39. The van der Waals surface area contributed by atoms with Gasteiger partial charge in [0.2, 0.25) is 0 Å². The zero-order valence-electron chi connectivity index (χ0n) is 7.29. The highest BCUT2D eigenvalue weighted by molar-refractivity contribution is 5.83. The minimum Gasteiger partial charge on any atom is -0.376 e. The zero-order chi connectivity index (χ0) is 9.78. The summed E-state index contributed by atoms with van der Waals surface area (Å²) in [6, 6.07) is 0. The molecule has 0 aliphatic rings. The largest absolute Gasteiger partial charge is 0.412 e. The molecule has 0 saturated heterocycles. The van der Waals surface area contributed by atoms with Gasteiger partial charge >= 0.3 is 12.1 Å². The first-order chi connectivity index (χ1) is 5.37. The van der Waals surface area contributed by atoms with Crippen molar-refractivity contribution in [3.05, 3.63) is 0 Å². The molecule has 0 aliphatic heterocycles. The van der Waals surface area contributed by atoms with Gasteiger partial charge in [0.1, 0.15) is 0 Å².